The Balaban J connectivity index is 5.47. The first-order valence-electron chi connectivity index (χ1n) is 9.19. The molecule has 0 aliphatic carbocycles. The van der Waals surface area contributed by atoms with E-state index in [0.717, 1.165) is 0 Å². The molecule has 3 amide bonds. The monoisotopic (exact) mass is 432 g/mol. The van der Waals surface area contributed by atoms with Crippen molar-refractivity contribution in [3.63, 3.8) is 0 Å². The van der Waals surface area contributed by atoms with Gasteiger partial charge in [-0.05, 0) is 12.3 Å². The minimum absolute atomic E-state index is 0.334. The molecule has 0 radical (unpaired) electrons. The van der Waals surface area contributed by atoms with Gasteiger partial charge in [0.05, 0.1) is 13.0 Å². The van der Waals surface area contributed by atoms with Gasteiger partial charge >= 0.3 is 17.9 Å². The Bertz CT molecular complexity index is 668. The number of rotatable bonds is 14. The number of amides is 3. The Morgan fingerprint density at radius 1 is 0.867 bits per heavy atom. The van der Waals surface area contributed by atoms with E-state index >= 15 is 0 Å². The molecule has 0 spiro atoms. The molecule has 0 heterocycles. The van der Waals surface area contributed by atoms with Crippen molar-refractivity contribution in [1.29, 1.82) is 0 Å². The van der Waals surface area contributed by atoms with Gasteiger partial charge in [-0.15, -0.1) is 0 Å². The third-order valence-corrected chi connectivity index (χ3v) is 4.27. The number of hydrogen-bond donors (Lipinski definition) is 7. The lowest BCUT2D eigenvalue weighted by molar-refractivity contribution is -0.144. The second-order valence-corrected chi connectivity index (χ2v) is 6.63. The maximum absolute atomic E-state index is 12.5. The van der Waals surface area contributed by atoms with Crippen LogP contribution < -0.4 is 21.7 Å². The van der Waals surface area contributed by atoms with Crippen LogP contribution in [0.1, 0.15) is 39.5 Å². The molecule has 0 aromatic rings. The van der Waals surface area contributed by atoms with Gasteiger partial charge in [0.1, 0.15) is 18.1 Å². The summed E-state index contributed by atoms with van der Waals surface area (Å²) in [4.78, 5) is 69.7. The quantitative estimate of drug-likeness (QED) is 0.158. The SMILES string of the molecule is CCC(C)C(NC(=O)C(CC(=O)O)NC(=O)C(CCC(=O)O)NC(=O)CN)C(=O)O. The van der Waals surface area contributed by atoms with E-state index in [-0.39, 0.29) is 6.42 Å². The molecule has 0 rings (SSSR count). The number of nitrogens with one attached hydrogen (secondary N) is 3. The molecule has 0 saturated carbocycles. The van der Waals surface area contributed by atoms with Crippen molar-refractivity contribution in [2.75, 3.05) is 6.54 Å². The van der Waals surface area contributed by atoms with E-state index in [1.807, 2.05) is 0 Å². The highest BCUT2D eigenvalue weighted by molar-refractivity contribution is 5.95. The number of carboxylic acid groups (broad SMARTS) is 3. The van der Waals surface area contributed by atoms with Gasteiger partial charge in [-0.3, -0.25) is 24.0 Å². The van der Waals surface area contributed by atoms with Crippen LogP contribution in [0.5, 0.6) is 0 Å². The first kappa shape index (κ1) is 26.8. The number of carbonyl (C=O) groups excluding carboxylic acids is 3. The highest BCUT2D eigenvalue weighted by Gasteiger charge is 2.32. The summed E-state index contributed by atoms with van der Waals surface area (Å²) in [6.45, 7) is 2.80. The van der Waals surface area contributed by atoms with Gasteiger partial charge in [-0.2, -0.15) is 0 Å². The Kier molecular flexibility index (Phi) is 11.7. The topological polar surface area (TPSA) is 225 Å². The average molecular weight is 432 g/mol. The van der Waals surface area contributed by atoms with Gasteiger partial charge in [0.15, 0.2) is 0 Å². The predicted octanol–water partition coefficient (Wildman–Crippen LogP) is -2.13. The normalized spacial score (nSPS) is 14.5. The number of aliphatic carboxylic acids is 3. The minimum atomic E-state index is -1.65. The van der Waals surface area contributed by atoms with E-state index in [4.69, 9.17) is 15.9 Å². The Morgan fingerprint density at radius 3 is 1.87 bits per heavy atom. The first-order chi connectivity index (χ1) is 13.9. The second-order valence-electron chi connectivity index (χ2n) is 6.63. The molecule has 4 atom stereocenters. The maximum atomic E-state index is 12.5. The maximum Gasteiger partial charge on any atom is 0.326 e. The number of nitrogens with two attached hydrogens (primary N) is 1. The Hall–Kier alpha value is -3.22. The Morgan fingerprint density at radius 2 is 1.43 bits per heavy atom. The van der Waals surface area contributed by atoms with E-state index < -0.39 is 79.1 Å². The number of hydrogen-bond acceptors (Lipinski definition) is 7. The van der Waals surface area contributed by atoms with Crippen LogP contribution in [-0.2, 0) is 28.8 Å². The van der Waals surface area contributed by atoms with Crippen LogP contribution in [0.2, 0.25) is 0 Å². The molecule has 13 nitrogen and oxygen atoms in total. The van der Waals surface area contributed by atoms with Gasteiger partial charge in [0.2, 0.25) is 17.7 Å². The lowest BCUT2D eigenvalue weighted by atomic mass is 9.98. The van der Waals surface area contributed by atoms with Gasteiger partial charge < -0.3 is 37.0 Å². The van der Waals surface area contributed by atoms with Crippen molar-refractivity contribution in [3.8, 4) is 0 Å². The molecular weight excluding hydrogens is 404 g/mol. The largest absolute Gasteiger partial charge is 0.481 e. The van der Waals surface area contributed by atoms with Crippen molar-refractivity contribution in [2.24, 2.45) is 11.7 Å². The van der Waals surface area contributed by atoms with Gasteiger partial charge in [-0.1, -0.05) is 20.3 Å². The first-order valence-corrected chi connectivity index (χ1v) is 9.19. The molecule has 8 N–H and O–H groups in total. The molecule has 0 fully saturated rings. The summed E-state index contributed by atoms with van der Waals surface area (Å²) in [5.41, 5.74) is 5.16. The summed E-state index contributed by atoms with van der Waals surface area (Å²) in [5.74, 6) is -7.29. The molecule has 0 saturated heterocycles. The van der Waals surface area contributed by atoms with Crippen molar-refractivity contribution in [3.05, 3.63) is 0 Å². The molecule has 4 unspecified atom stereocenters. The summed E-state index contributed by atoms with van der Waals surface area (Å²) >= 11 is 0. The van der Waals surface area contributed by atoms with Crippen LogP contribution >= 0.6 is 0 Å². The summed E-state index contributed by atoms with van der Waals surface area (Å²) in [6.07, 6.45) is -1.27. The average Bonchev–Trinajstić information content (AvgIpc) is 2.66. The van der Waals surface area contributed by atoms with Gasteiger partial charge in [0.25, 0.3) is 0 Å². The van der Waals surface area contributed by atoms with Crippen LogP contribution in [0, 0.1) is 5.92 Å². The van der Waals surface area contributed by atoms with E-state index in [2.05, 4.69) is 16.0 Å². The molecule has 170 valence electrons. The van der Waals surface area contributed by atoms with Crippen LogP contribution in [0.15, 0.2) is 0 Å². The molecule has 0 aliphatic rings. The lowest BCUT2D eigenvalue weighted by Gasteiger charge is -2.25. The summed E-state index contributed by atoms with van der Waals surface area (Å²) in [5, 5.41) is 33.6. The third kappa shape index (κ3) is 9.82. The molecule has 0 aromatic carbocycles. The smallest absolute Gasteiger partial charge is 0.326 e. The van der Waals surface area contributed by atoms with Crippen molar-refractivity contribution in [1.82, 2.24) is 16.0 Å². The molecular formula is C17H28N4O9. The standard InChI is InChI=1S/C17H28N4O9/c1-3-8(2)14(17(29)30)21-16(28)10(6-13(25)26)20-15(27)9(4-5-12(23)24)19-11(22)7-18/h8-10,14H,3-7,18H2,1-2H3,(H,19,22)(H,20,27)(H,21,28)(H,23,24)(H,25,26)(H,29,30). The molecule has 0 bridgehead atoms. The lowest BCUT2D eigenvalue weighted by Crippen LogP contribution is -2.57. The van der Waals surface area contributed by atoms with Crippen LogP contribution in [0.25, 0.3) is 0 Å². The predicted molar refractivity (Wildman–Crippen MR) is 101 cm³/mol. The zero-order valence-electron chi connectivity index (χ0n) is 16.7. The summed E-state index contributed by atoms with van der Waals surface area (Å²) < 4.78 is 0. The summed E-state index contributed by atoms with van der Waals surface area (Å²) in [6, 6.07) is -4.34. The van der Waals surface area contributed by atoms with E-state index in [0.29, 0.717) is 6.42 Å². The zero-order chi connectivity index (χ0) is 23.4. The fourth-order valence-corrected chi connectivity index (χ4v) is 2.38. The van der Waals surface area contributed by atoms with E-state index in [1.165, 1.54) is 0 Å². The van der Waals surface area contributed by atoms with Crippen molar-refractivity contribution >= 4 is 35.6 Å². The highest BCUT2D eigenvalue weighted by Crippen LogP contribution is 2.09. The number of carbonyl (C=O) groups is 6. The third-order valence-electron chi connectivity index (χ3n) is 4.27. The summed E-state index contributed by atoms with van der Waals surface area (Å²) in [7, 11) is 0. The minimum Gasteiger partial charge on any atom is -0.481 e. The van der Waals surface area contributed by atoms with Crippen molar-refractivity contribution < 1.29 is 44.1 Å². The fourth-order valence-electron chi connectivity index (χ4n) is 2.38. The molecule has 0 aliphatic heterocycles. The molecule has 0 aromatic heterocycles. The van der Waals surface area contributed by atoms with Gasteiger partial charge in [-0.25, -0.2) is 4.79 Å². The highest BCUT2D eigenvalue weighted by atomic mass is 16.4. The molecule has 13 heteroatoms. The zero-order valence-corrected chi connectivity index (χ0v) is 16.7. The van der Waals surface area contributed by atoms with E-state index in [1.54, 1.807) is 13.8 Å². The number of carboxylic acids is 3. The van der Waals surface area contributed by atoms with Crippen LogP contribution in [0.3, 0.4) is 0 Å². The molecule has 30 heavy (non-hydrogen) atoms. The second kappa shape index (κ2) is 13.1. The van der Waals surface area contributed by atoms with Crippen LogP contribution in [-0.4, -0.2) is 75.6 Å². The van der Waals surface area contributed by atoms with Crippen LogP contribution in [0.4, 0.5) is 0 Å². The Labute approximate surface area is 172 Å². The van der Waals surface area contributed by atoms with E-state index in [9.17, 15) is 33.9 Å². The van der Waals surface area contributed by atoms with Crippen molar-refractivity contribution in [2.45, 2.75) is 57.7 Å². The fraction of sp³-hybridized carbons (Fsp3) is 0.647. The van der Waals surface area contributed by atoms with Gasteiger partial charge in [0, 0.05) is 6.42 Å².